The Hall–Kier alpha value is -0.930. The first-order valence-electron chi connectivity index (χ1n) is 8.40. The topological polar surface area (TPSA) is 24.1 Å². The molecular formula is C18H27FN2. The Morgan fingerprint density at radius 3 is 2.43 bits per heavy atom. The quantitative estimate of drug-likeness (QED) is 0.889. The maximum atomic E-state index is 13.4. The number of hydrogen-bond donors (Lipinski definition) is 2. The second kappa shape index (κ2) is 6.05. The first kappa shape index (κ1) is 15.0. The molecule has 2 N–H and O–H groups in total. The van der Waals surface area contributed by atoms with Crippen LogP contribution >= 0.6 is 0 Å². The largest absolute Gasteiger partial charge is 0.317 e. The molecule has 21 heavy (non-hydrogen) atoms. The summed E-state index contributed by atoms with van der Waals surface area (Å²) in [6, 6.07) is 7.33. The standard InChI is InChI=1S/C18H27FN2/c1-2-3-8-18(15-4-6-16(19)7-5-15)14-21-13-17(18)9-11-20-12-10-17/h4-7,20-21H,2-3,8-14H2,1H3. The highest BCUT2D eigenvalue weighted by molar-refractivity contribution is 5.33. The molecule has 2 aliphatic heterocycles. The van der Waals surface area contributed by atoms with E-state index in [1.165, 1.54) is 37.7 Å². The normalized spacial score (nSPS) is 28.1. The molecule has 2 nitrogen and oxygen atoms in total. The van der Waals surface area contributed by atoms with Crippen molar-refractivity contribution in [3.8, 4) is 0 Å². The molecule has 3 rings (SSSR count). The second-order valence-corrected chi connectivity index (χ2v) is 6.83. The Morgan fingerprint density at radius 2 is 1.76 bits per heavy atom. The Balaban J connectivity index is 2.00. The van der Waals surface area contributed by atoms with Gasteiger partial charge in [-0.2, -0.15) is 0 Å². The molecule has 1 aromatic rings. The molecule has 1 unspecified atom stereocenters. The van der Waals surface area contributed by atoms with Crippen molar-refractivity contribution in [3.63, 3.8) is 0 Å². The molecule has 2 heterocycles. The van der Waals surface area contributed by atoms with Gasteiger partial charge in [-0.25, -0.2) is 4.39 Å². The SMILES string of the molecule is CCCCC1(c2ccc(F)cc2)CNCC12CCNCC2. The van der Waals surface area contributed by atoms with Crippen molar-refractivity contribution in [3.05, 3.63) is 35.6 Å². The molecule has 0 aromatic heterocycles. The summed E-state index contributed by atoms with van der Waals surface area (Å²) in [7, 11) is 0. The Morgan fingerprint density at radius 1 is 1.05 bits per heavy atom. The average Bonchev–Trinajstić information content (AvgIpc) is 2.85. The van der Waals surface area contributed by atoms with Gasteiger partial charge < -0.3 is 10.6 Å². The van der Waals surface area contributed by atoms with Crippen molar-refractivity contribution in [1.82, 2.24) is 10.6 Å². The van der Waals surface area contributed by atoms with Crippen molar-refractivity contribution in [2.45, 2.75) is 44.4 Å². The number of halogens is 1. The zero-order valence-electron chi connectivity index (χ0n) is 13.1. The monoisotopic (exact) mass is 290 g/mol. The van der Waals surface area contributed by atoms with Crippen molar-refractivity contribution >= 4 is 0 Å². The van der Waals surface area contributed by atoms with Crippen molar-refractivity contribution in [2.24, 2.45) is 5.41 Å². The maximum Gasteiger partial charge on any atom is 0.123 e. The fourth-order valence-electron chi connectivity index (χ4n) is 4.59. The fourth-order valence-corrected chi connectivity index (χ4v) is 4.59. The van der Waals surface area contributed by atoms with Crippen molar-refractivity contribution in [2.75, 3.05) is 26.2 Å². The summed E-state index contributed by atoms with van der Waals surface area (Å²) in [6.45, 7) is 6.62. The number of hydrogen-bond acceptors (Lipinski definition) is 2. The van der Waals surface area contributed by atoms with E-state index in [-0.39, 0.29) is 11.2 Å². The number of unbranched alkanes of at least 4 members (excludes halogenated alkanes) is 1. The number of benzene rings is 1. The summed E-state index contributed by atoms with van der Waals surface area (Å²) < 4.78 is 13.4. The van der Waals surface area contributed by atoms with Crippen LogP contribution < -0.4 is 10.6 Å². The number of rotatable bonds is 4. The smallest absolute Gasteiger partial charge is 0.123 e. The van der Waals surface area contributed by atoms with Crippen LogP contribution in [0.25, 0.3) is 0 Å². The zero-order valence-corrected chi connectivity index (χ0v) is 13.1. The maximum absolute atomic E-state index is 13.4. The summed E-state index contributed by atoms with van der Waals surface area (Å²) in [5, 5.41) is 7.18. The molecule has 1 aromatic carbocycles. The lowest BCUT2D eigenvalue weighted by molar-refractivity contribution is 0.112. The molecular weight excluding hydrogens is 263 g/mol. The minimum atomic E-state index is -0.130. The third-order valence-corrected chi connectivity index (χ3v) is 5.82. The second-order valence-electron chi connectivity index (χ2n) is 6.83. The zero-order chi connectivity index (χ0) is 14.8. The van der Waals surface area contributed by atoms with Gasteiger partial charge in [-0.05, 0) is 55.5 Å². The van der Waals surface area contributed by atoms with Crippen LogP contribution in [0.5, 0.6) is 0 Å². The van der Waals surface area contributed by atoms with Crippen LogP contribution in [0.3, 0.4) is 0 Å². The van der Waals surface area contributed by atoms with E-state index in [4.69, 9.17) is 0 Å². The van der Waals surface area contributed by atoms with E-state index in [0.717, 1.165) is 26.2 Å². The highest BCUT2D eigenvalue weighted by atomic mass is 19.1. The van der Waals surface area contributed by atoms with Gasteiger partial charge in [-0.3, -0.25) is 0 Å². The van der Waals surface area contributed by atoms with Gasteiger partial charge in [0.2, 0.25) is 0 Å². The van der Waals surface area contributed by atoms with Gasteiger partial charge in [0.15, 0.2) is 0 Å². The van der Waals surface area contributed by atoms with Gasteiger partial charge in [-0.1, -0.05) is 31.9 Å². The average molecular weight is 290 g/mol. The van der Waals surface area contributed by atoms with Gasteiger partial charge >= 0.3 is 0 Å². The highest BCUT2D eigenvalue weighted by Gasteiger charge is 2.54. The van der Waals surface area contributed by atoms with Crippen LogP contribution in [0.1, 0.15) is 44.6 Å². The summed E-state index contributed by atoms with van der Waals surface area (Å²) in [5.74, 6) is -0.130. The van der Waals surface area contributed by atoms with Crippen molar-refractivity contribution in [1.29, 1.82) is 0 Å². The summed E-state index contributed by atoms with van der Waals surface area (Å²) in [6.07, 6.45) is 6.12. The van der Waals surface area contributed by atoms with E-state index in [1.54, 1.807) is 12.1 Å². The van der Waals surface area contributed by atoms with Crippen LogP contribution in [0.4, 0.5) is 4.39 Å². The van der Waals surface area contributed by atoms with E-state index in [9.17, 15) is 4.39 Å². The van der Waals surface area contributed by atoms with Gasteiger partial charge in [0.1, 0.15) is 5.82 Å². The fraction of sp³-hybridized carbons (Fsp3) is 0.667. The summed E-state index contributed by atoms with van der Waals surface area (Å²) in [4.78, 5) is 0. The molecule has 2 saturated heterocycles. The Bertz CT molecular complexity index is 465. The predicted octanol–water partition coefficient (Wildman–Crippen LogP) is 3.23. The molecule has 0 aliphatic carbocycles. The Labute approximate surface area is 127 Å². The third-order valence-electron chi connectivity index (χ3n) is 5.82. The predicted molar refractivity (Wildman–Crippen MR) is 85.0 cm³/mol. The van der Waals surface area contributed by atoms with Crippen molar-refractivity contribution < 1.29 is 4.39 Å². The lowest BCUT2D eigenvalue weighted by atomic mass is 9.56. The molecule has 2 aliphatic rings. The van der Waals surface area contributed by atoms with E-state index < -0.39 is 0 Å². The lowest BCUT2D eigenvalue weighted by Crippen LogP contribution is -2.50. The van der Waals surface area contributed by atoms with Crippen LogP contribution in [0.2, 0.25) is 0 Å². The van der Waals surface area contributed by atoms with Gasteiger partial charge in [0.05, 0.1) is 0 Å². The molecule has 1 spiro atoms. The van der Waals surface area contributed by atoms with Crippen LogP contribution in [0.15, 0.2) is 24.3 Å². The highest BCUT2D eigenvalue weighted by Crippen LogP contribution is 2.53. The molecule has 0 bridgehead atoms. The number of piperidine rings is 1. The third kappa shape index (κ3) is 2.51. The molecule has 1 atom stereocenters. The van der Waals surface area contributed by atoms with E-state index >= 15 is 0 Å². The molecule has 2 fully saturated rings. The van der Waals surface area contributed by atoms with Crippen LogP contribution in [-0.2, 0) is 5.41 Å². The van der Waals surface area contributed by atoms with Gasteiger partial charge in [0, 0.05) is 18.5 Å². The summed E-state index contributed by atoms with van der Waals surface area (Å²) >= 11 is 0. The van der Waals surface area contributed by atoms with Crippen LogP contribution in [0, 0.1) is 11.2 Å². The summed E-state index contributed by atoms with van der Waals surface area (Å²) in [5.41, 5.74) is 1.86. The Kier molecular flexibility index (Phi) is 4.32. The minimum absolute atomic E-state index is 0.130. The first-order valence-corrected chi connectivity index (χ1v) is 8.40. The lowest BCUT2D eigenvalue weighted by Gasteiger charge is -2.48. The first-order chi connectivity index (χ1) is 10.2. The minimum Gasteiger partial charge on any atom is -0.317 e. The van der Waals surface area contributed by atoms with Gasteiger partial charge in [0.25, 0.3) is 0 Å². The van der Waals surface area contributed by atoms with E-state index in [0.29, 0.717) is 5.41 Å². The van der Waals surface area contributed by atoms with Gasteiger partial charge in [-0.15, -0.1) is 0 Å². The molecule has 116 valence electrons. The molecule has 0 saturated carbocycles. The molecule has 0 radical (unpaired) electrons. The molecule has 0 amide bonds. The number of nitrogens with one attached hydrogen (secondary N) is 2. The van der Waals surface area contributed by atoms with Crippen LogP contribution in [-0.4, -0.2) is 26.2 Å². The molecule has 3 heteroatoms. The van der Waals surface area contributed by atoms with E-state index in [2.05, 4.69) is 17.6 Å². The van der Waals surface area contributed by atoms with E-state index in [1.807, 2.05) is 12.1 Å².